The lowest BCUT2D eigenvalue weighted by Crippen LogP contribution is -2.07. The zero-order valence-electron chi connectivity index (χ0n) is 11.3. The molecule has 1 fully saturated rings. The van der Waals surface area contributed by atoms with Crippen LogP contribution in [0.1, 0.15) is 70.9 Å². The van der Waals surface area contributed by atoms with E-state index < -0.39 is 5.92 Å². The highest BCUT2D eigenvalue weighted by Crippen LogP contribution is 2.39. The highest BCUT2D eigenvalue weighted by Gasteiger charge is 2.33. The number of hydrogen-bond acceptors (Lipinski definition) is 1. The van der Waals surface area contributed by atoms with Gasteiger partial charge in [0.15, 0.2) is 0 Å². The van der Waals surface area contributed by atoms with Crippen LogP contribution in [0.25, 0.3) is 0 Å². The molecule has 0 aromatic carbocycles. The summed E-state index contributed by atoms with van der Waals surface area (Å²) in [5, 5.41) is 0. The van der Waals surface area contributed by atoms with E-state index in [1.165, 1.54) is 6.20 Å². The summed E-state index contributed by atoms with van der Waals surface area (Å²) in [7, 11) is 0. The predicted octanol–water partition coefficient (Wildman–Crippen LogP) is 4.48. The molecule has 4 heteroatoms. The molecule has 0 amide bonds. The smallest absolute Gasteiger partial charge is 0.288 e. The van der Waals surface area contributed by atoms with Crippen LogP contribution in [0.3, 0.4) is 0 Å². The van der Waals surface area contributed by atoms with E-state index in [-0.39, 0.29) is 11.6 Å². The maximum absolute atomic E-state index is 13.1. The second-order valence-corrected chi connectivity index (χ2v) is 4.67. The molecule has 17 heavy (non-hydrogen) atoms. The Labute approximate surface area is 102 Å². The van der Waals surface area contributed by atoms with E-state index in [0.717, 1.165) is 25.6 Å². The first-order valence-corrected chi connectivity index (χ1v) is 6.36. The first-order chi connectivity index (χ1) is 7.89. The lowest BCUT2D eigenvalue weighted by molar-refractivity contribution is 0.0130. The van der Waals surface area contributed by atoms with Crippen LogP contribution in [0.5, 0.6) is 0 Å². The molecule has 0 spiro atoms. The first-order valence-electron chi connectivity index (χ1n) is 6.36. The minimum Gasteiger partial charge on any atom is -0.331 e. The number of alkyl halides is 2. The summed E-state index contributed by atoms with van der Waals surface area (Å²) in [6.07, 6.45) is 3.70. The molecule has 1 heterocycles. The molecule has 2 nitrogen and oxygen atoms in total. The van der Waals surface area contributed by atoms with Crippen LogP contribution in [-0.2, 0) is 5.92 Å². The fourth-order valence-electron chi connectivity index (χ4n) is 1.69. The molecular formula is C13H22F2N2. The van der Waals surface area contributed by atoms with Gasteiger partial charge in [0.1, 0.15) is 11.5 Å². The molecule has 0 saturated heterocycles. The zero-order chi connectivity index (χ0) is 13.2. The van der Waals surface area contributed by atoms with Gasteiger partial charge in [-0.05, 0) is 12.8 Å². The van der Waals surface area contributed by atoms with E-state index in [1.54, 1.807) is 0 Å². The largest absolute Gasteiger partial charge is 0.331 e. The molecule has 1 aliphatic rings. The van der Waals surface area contributed by atoms with Crippen molar-refractivity contribution in [3.8, 4) is 0 Å². The second-order valence-electron chi connectivity index (χ2n) is 4.67. The van der Waals surface area contributed by atoms with Gasteiger partial charge in [0.05, 0.1) is 0 Å². The van der Waals surface area contributed by atoms with Crippen molar-refractivity contribution in [3.05, 3.63) is 17.7 Å². The van der Waals surface area contributed by atoms with Crippen LogP contribution in [0, 0.1) is 0 Å². The van der Waals surface area contributed by atoms with Gasteiger partial charge in [-0.3, -0.25) is 0 Å². The van der Waals surface area contributed by atoms with E-state index in [9.17, 15) is 8.78 Å². The highest BCUT2D eigenvalue weighted by molar-refractivity contribution is 5.14. The number of hydrogen-bond donors (Lipinski definition) is 0. The Morgan fingerprint density at radius 2 is 1.88 bits per heavy atom. The topological polar surface area (TPSA) is 17.8 Å². The number of rotatable bonds is 3. The van der Waals surface area contributed by atoms with Gasteiger partial charge in [-0.1, -0.05) is 27.7 Å². The molecule has 0 bridgehead atoms. The van der Waals surface area contributed by atoms with E-state index in [4.69, 9.17) is 0 Å². The van der Waals surface area contributed by atoms with Crippen molar-refractivity contribution in [1.82, 2.24) is 9.55 Å². The number of halogens is 2. The molecule has 1 aromatic rings. The van der Waals surface area contributed by atoms with Crippen molar-refractivity contribution < 1.29 is 8.78 Å². The molecule has 1 aliphatic carbocycles. The Morgan fingerprint density at radius 3 is 2.24 bits per heavy atom. The van der Waals surface area contributed by atoms with Crippen molar-refractivity contribution in [2.24, 2.45) is 0 Å². The van der Waals surface area contributed by atoms with Crippen molar-refractivity contribution >= 4 is 0 Å². The Bertz CT molecular complexity index is 340. The molecule has 2 rings (SSSR count). The first kappa shape index (κ1) is 14.1. The van der Waals surface area contributed by atoms with Crippen LogP contribution in [0.2, 0.25) is 0 Å². The lowest BCUT2D eigenvalue weighted by atomic mass is 10.2. The van der Waals surface area contributed by atoms with E-state index >= 15 is 0 Å². The molecule has 1 aromatic heterocycles. The zero-order valence-corrected chi connectivity index (χ0v) is 11.3. The SMILES string of the molecule is CC.CC(C)c1nc(C(C)(F)F)cn1C1CC1. The summed E-state index contributed by atoms with van der Waals surface area (Å²) < 4.78 is 28.2. The van der Waals surface area contributed by atoms with Gasteiger partial charge in [-0.15, -0.1) is 0 Å². The molecular weight excluding hydrogens is 222 g/mol. The summed E-state index contributed by atoms with van der Waals surface area (Å²) in [5.74, 6) is -1.85. The molecule has 98 valence electrons. The summed E-state index contributed by atoms with van der Waals surface area (Å²) in [5.41, 5.74) is -0.0990. The molecule has 0 radical (unpaired) electrons. The van der Waals surface area contributed by atoms with E-state index in [0.29, 0.717) is 6.04 Å². The van der Waals surface area contributed by atoms with E-state index in [1.807, 2.05) is 32.3 Å². The third kappa shape index (κ3) is 3.27. The van der Waals surface area contributed by atoms with Crippen LogP contribution in [0.15, 0.2) is 6.20 Å². The van der Waals surface area contributed by atoms with Gasteiger partial charge in [0, 0.05) is 25.1 Å². The predicted molar refractivity (Wildman–Crippen MR) is 65.5 cm³/mol. The summed E-state index contributed by atoms with van der Waals surface area (Å²) in [6.45, 7) is 8.87. The van der Waals surface area contributed by atoms with Crippen LogP contribution in [0.4, 0.5) is 8.78 Å². The number of nitrogens with zero attached hydrogens (tertiary/aromatic N) is 2. The third-order valence-corrected chi connectivity index (χ3v) is 2.67. The van der Waals surface area contributed by atoms with Crippen LogP contribution in [-0.4, -0.2) is 9.55 Å². The molecule has 1 saturated carbocycles. The number of aromatic nitrogens is 2. The Kier molecular flexibility index (Phi) is 4.28. The third-order valence-electron chi connectivity index (χ3n) is 2.67. The molecule has 0 atom stereocenters. The minimum absolute atomic E-state index is 0.0990. The maximum Gasteiger partial charge on any atom is 0.288 e. The highest BCUT2D eigenvalue weighted by atomic mass is 19.3. The number of imidazole rings is 1. The van der Waals surface area contributed by atoms with Crippen molar-refractivity contribution in [1.29, 1.82) is 0 Å². The Hall–Kier alpha value is -0.930. The average Bonchev–Trinajstić information content (AvgIpc) is 2.97. The van der Waals surface area contributed by atoms with Gasteiger partial charge in [-0.2, -0.15) is 8.78 Å². The molecule has 0 unspecified atom stereocenters. The van der Waals surface area contributed by atoms with Crippen LogP contribution >= 0.6 is 0 Å². The molecule has 0 N–H and O–H groups in total. The van der Waals surface area contributed by atoms with Gasteiger partial charge < -0.3 is 4.57 Å². The monoisotopic (exact) mass is 244 g/mol. The van der Waals surface area contributed by atoms with Gasteiger partial charge in [0.2, 0.25) is 0 Å². The molecule has 0 aliphatic heterocycles. The summed E-state index contributed by atoms with van der Waals surface area (Å²) in [6, 6.07) is 0.408. The Morgan fingerprint density at radius 1 is 1.35 bits per heavy atom. The lowest BCUT2D eigenvalue weighted by Gasteiger charge is -2.07. The van der Waals surface area contributed by atoms with Gasteiger partial charge in [-0.25, -0.2) is 4.98 Å². The van der Waals surface area contributed by atoms with Gasteiger partial charge in [0.25, 0.3) is 5.92 Å². The normalized spacial score (nSPS) is 15.8. The van der Waals surface area contributed by atoms with Crippen LogP contribution < -0.4 is 0 Å². The van der Waals surface area contributed by atoms with Crippen molar-refractivity contribution in [2.75, 3.05) is 0 Å². The van der Waals surface area contributed by atoms with Crippen molar-refractivity contribution in [3.63, 3.8) is 0 Å². The summed E-state index contributed by atoms with van der Waals surface area (Å²) in [4.78, 5) is 4.06. The summed E-state index contributed by atoms with van der Waals surface area (Å²) >= 11 is 0. The standard InChI is InChI=1S/C11H16F2N2.C2H6/c1-7(2)10-14-9(11(3,12)13)6-15(10)8-4-5-8;1-2/h6-8H,4-5H2,1-3H3;1-2H3. The van der Waals surface area contributed by atoms with Gasteiger partial charge >= 0.3 is 0 Å². The Balaban J connectivity index is 0.000000686. The quantitative estimate of drug-likeness (QED) is 0.766. The average molecular weight is 244 g/mol. The second kappa shape index (κ2) is 5.15. The van der Waals surface area contributed by atoms with E-state index in [2.05, 4.69) is 4.98 Å². The fraction of sp³-hybridized carbons (Fsp3) is 0.769. The fourth-order valence-corrected chi connectivity index (χ4v) is 1.69. The maximum atomic E-state index is 13.1. The van der Waals surface area contributed by atoms with Crippen molar-refractivity contribution in [2.45, 2.75) is 65.3 Å². The minimum atomic E-state index is -2.83.